The van der Waals surface area contributed by atoms with Crippen molar-refractivity contribution in [3.8, 4) is 11.3 Å². The molecule has 1 heterocycles. The lowest BCUT2D eigenvalue weighted by atomic mass is 9.84. The number of aryl methyl sites for hydroxylation is 2. The van der Waals surface area contributed by atoms with Gasteiger partial charge in [-0.05, 0) is 48.8 Å². The van der Waals surface area contributed by atoms with Crippen LogP contribution in [0.1, 0.15) is 56.4 Å². The number of rotatable bonds is 5. The van der Waals surface area contributed by atoms with Gasteiger partial charge in [0.15, 0.2) is 0 Å². The zero-order chi connectivity index (χ0) is 15.4. The van der Waals surface area contributed by atoms with Gasteiger partial charge in [-0.3, -0.25) is 4.98 Å². The smallest absolute Gasteiger partial charge is 0.0705 e. The van der Waals surface area contributed by atoms with Gasteiger partial charge in [-0.15, -0.1) is 0 Å². The third-order valence-corrected chi connectivity index (χ3v) is 4.85. The normalized spacial score (nSPS) is 17.3. The van der Waals surface area contributed by atoms with Crippen LogP contribution in [0.2, 0.25) is 0 Å². The third kappa shape index (κ3) is 3.40. The van der Waals surface area contributed by atoms with E-state index in [-0.39, 0.29) is 0 Å². The van der Waals surface area contributed by atoms with E-state index < -0.39 is 0 Å². The minimum Gasteiger partial charge on any atom is -0.253 e. The number of hydrogen-bond acceptors (Lipinski definition) is 1. The van der Waals surface area contributed by atoms with Gasteiger partial charge in [-0.2, -0.15) is 0 Å². The van der Waals surface area contributed by atoms with Crippen LogP contribution < -0.4 is 0 Å². The van der Waals surface area contributed by atoms with Crippen LogP contribution in [0, 0.1) is 5.92 Å². The molecule has 0 saturated heterocycles. The summed E-state index contributed by atoms with van der Waals surface area (Å²) in [5, 5.41) is 0. The lowest BCUT2D eigenvalue weighted by Gasteiger charge is -2.24. The molecule has 0 N–H and O–H groups in total. The van der Waals surface area contributed by atoms with Crippen molar-refractivity contribution < 1.29 is 0 Å². The van der Waals surface area contributed by atoms with Gasteiger partial charge < -0.3 is 0 Å². The molecule has 0 unspecified atom stereocenters. The zero-order valence-electron chi connectivity index (χ0n) is 13.9. The second-order valence-electron chi connectivity index (χ2n) is 6.65. The van der Waals surface area contributed by atoms with Crippen molar-refractivity contribution in [1.82, 2.24) is 4.98 Å². The van der Waals surface area contributed by atoms with Crippen molar-refractivity contribution in [1.29, 1.82) is 0 Å². The van der Waals surface area contributed by atoms with Crippen molar-refractivity contribution in [2.24, 2.45) is 5.92 Å². The Bertz CT molecular complexity index is 612. The van der Waals surface area contributed by atoms with Crippen LogP contribution in [0.5, 0.6) is 0 Å². The van der Waals surface area contributed by atoms with Crippen molar-refractivity contribution in [2.45, 2.75) is 58.8 Å². The van der Waals surface area contributed by atoms with E-state index in [4.69, 9.17) is 4.98 Å². The molecule has 1 aliphatic rings. The molecule has 1 aromatic heterocycles. The standard InChI is InChI=1S/C21H27N/c1-3-5-16-7-10-18(11-8-16)20-14-12-19-15-17(6-4-2)9-13-21(19)22-20/h7-8,10-12,14,17H,3-6,9,13,15H2,1-2H3/t17-/m1/s1. The predicted molar refractivity (Wildman–Crippen MR) is 94.1 cm³/mol. The first-order chi connectivity index (χ1) is 10.8. The first-order valence-electron chi connectivity index (χ1n) is 8.88. The van der Waals surface area contributed by atoms with E-state index in [0.717, 1.165) is 24.5 Å². The summed E-state index contributed by atoms with van der Waals surface area (Å²) in [5.74, 6) is 0.874. The number of aromatic nitrogens is 1. The van der Waals surface area contributed by atoms with Crippen LogP contribution in [0.25, 0.3) is 11.3 Å². The average Bonchev–Trinajstić information content (AvgIpc) is 2.56. The maximum absolute atomic E-state index is 4.95. The topological polar surface area (TPSA) is 12.9 Å². The Morgan fingerprint density at radius 3 is 2.55 bits per heavy atom. The van der Waals surface area contributed by atoms with Crippen molar-refractivity contribution in [3.63, 3.8) is 0 Å². The molecule has 0 amide bonds. The first kappa shape index (κ1) is 15.3. The maximum Gasteiger partial charge on any atom is 0.0705 e. The van der Waals surface area contributed by atoms with Gasteiger partial charge in [0.05, 0.1) is 5.69 Å². The minimum atomic E-state index is 0.874. The zero-order valence-corrected chi connectivity index (χ0v) is 13.9. The molecule has 0 aliphatic heterocycles. The highest BCUT2D eigenvalue weighted by Crippen LogP contribution is 2.29. The summed E-state index contributed by atoms with van der Waals surface area (Å²) in [6.07, 6.45) is 8.72. The largest absolute Gasteiger partial charge is 0.253 e. The van der Waals surface area contributed by atoms with Crippen LogP contribution in [-0.4, -0.2) is 4.98 Å². The van der Waals surface area contributed by atoms with Crippen LogP contribution in [0.15, 0.2) is 36.4 Å². The number of pyridine rings is 1. The van der Waals surface area contributed by atoms with E-state index in [1.165, 1.54) is 54.5 Å². The maximum atomic E-state index is 4.95. The van der Waals surface area contributed by atoms with E-state index in [9.17, 15) is 0 Å². The fourth-order valence-corrected chi connectivity index (χ4v) is 3.63. The number of benzene rings is 1. The Hall–Kier alpha value is -1.63. The van der Waals surface area contributed by atoms with E-state index in [1.807, 2.05) is 0 Å². The van der Waals surface area contributed by atoms with Crippen molar-refractivity contribution in [2.75, 3.05) is 0 Å². The molecule has 1 nitrogen and oxygen atoms in total. The summed E-state index contributed by atoms with van der Waals surface area (Å²) in [5.41, 5.74) is 6.62. The van der Waals surface area contributed by atoms with Gasteiger partial charge in [0.25, 0.3) is 0 Å². The summed E-state index contributed by atoms with van der Waals surface area (Å²) >= 11 is 0. The second kappa shape index (κ2) is 7.09. The Morgan fingerprint density at radius 1 is 1.00 bits per heavy atom. The molecule has 2 aromatic rings. The highest BCUT2D eigenvalue weighted by Gasteiger charge is 2.19. The van der Waals surface area contributed by atoms with Gasteiger partial charge in [-0.25, -0.2) is 0 Å². The quantitative estimate of drug-likeness (QED) is 0.698. The number of fused-ring (bicyclic) bond motifs is 1. The van der Waals surface area contributed by atoms with Gasteiger partial charge >= 0.3 is 0 Å². The molecule has 1 aliphatic carbocycles. The van der Waals surface area contributed by atoms with Crippen LogP contribution in [-0.2, 0) is 19.3 Å². The SMILES string of the molecule is CCCc1ccc(-c2ccc3c(n2)CC[C@@H](CCC)C3)cc1. The molecule has 22 heavy (non-hydrogen) atoms. The summed E-state index contributed by atoms with van der Waals surface area (Å²) in [7, 11) is 0. The molecular formula is C21H27N. The molecule has 116 valence electrons. The Balaban J connectivity index is 1.79. The van der Waals surface area contributed by atoms with Gasteiger partial charge in [0, 0.05) is 11.3 Å². The number of nitrogens with zero attached hydrogens (tertiary/aromatic N) is 1. The fourth-order valence-electron chi connectivity index (χ4n) is 3.63. The van der Waals surface area contributed by atoms with Gasteiger partial charge in [0.2, 0.25) is 0 Å². The number of hydrogen-bond donors (Lipinski definition) is 0. The first-order valence-corrected chi connectivity index (χ1v) is 8.88. The van der Waals surface area contributed by atoms with E-state index in [0.29, 0.717) is 0 Å². The summed E-state index contributed by atoms with van der Waals surface area (Å²) < 4.78 is 0. The lowest BCUT2D eigenvalue weighted by Crippen LogP contribution is -2.15. The highest BCUT2D eigenvalue weighted by atomic mass is 14.7. The molecule has 0 fully saturated rings. The molecule has 0 bridgehead atoms. The molecule has 0 radical (unpaired) electrons. The Labute approximate surface area is 134 Å². The predicted octanol–water partition coefficient (Wildman–Crippen LogP) is 5.61. The average molecular weight is 293 g/mol. The van der Waals surface area contributed by atoms with Gasteiger partial charge in [-0.1, -0.05) is 63.4 Å². The lowest BCUT2D eigenvalue weighted by molar-refractivity contribution is 0.418. The second-order valence-corrected chi connectivity index (χ2v) is 6.65. The summed E-state index contributed by atoms with van der Waals surface area (Å²) in [6.45, 7) is 4.52. The van der Waals surface area contributed by atoms with Crippen LogP contribution in [0.4, 0.5) is 0 Å². The Morgan fingerprint density at radius 2 is 1.82 bits per heavy atom. The molecular weight excluding hydrogens is 266 g/mol. The summed E-state index contributed by atoms with van der Waals surface area (Å²) in [6, 6.07) is 13.5. The van der Waals surface area contributed by atoms with Crippen molar-refractivity contribution in [3.05, 3.63) is 53.2 Å². The molecule has 0 spiro atoms. The van der Waals surface area contributed by atoms with E-state index >= 15 is 0 Å². The molecule has 0 saturated carbocycles. The van der Waals surface area contributed by atoms with E-state index in [2.05, 4.69) is 50.2 Å². The monoisotopic (exact) mass is 293 g/mol. The molecule has 1 heteroatoms. The molecule has 1 aromatic carbocycles. The van der Waals surface area contributed by atoms with Crippen LogP contribution in [0.3, 0.4) is 0 Å². The minimum absolute atomic E-state index is 0.874. The molecule has 1 atom stereocenters. The molecule has 3 rings (SSSR count). The third-order valence-electron chi connectivity index (χ3n) is 4.85. The highest BCUT2D eigenvalue weighted by molar-refractivity contribution is 5.60. The van der Waals surface area contributed by atoms with Crippen LogP contribution >= 0.6 is 0 Å². The Kier molecular flexibility index (Phi) is 4.92. The van der Waals surface area contributed by atoms with E-state index in [1.54, 1.807) is 0 Å². The fraction of sp³-hybridized carbons (Fsp3) is 0.476. The summed E-state index contributed by atoms with van der Waals surface area (Å²) in [4.78, 5) is 4.95. The van der Waals surface area contributed by atoms with Gasteiger partial charge in [0.1, 0.15) is 0 Å². The van der Waals surface area contributed by atoms with Crippen molar-refractivity contribution >= 4 is 0 Å².